The van der Waals surface area contributed by atoms with E-state index in [2.05, 4.69) is 24.0 Å². The molecular weight excluding hydrogens is 192 g/mol. The van der Waals surface area contributed by atoms with Gasteiger partial charge < -0.3 is 9.52 Å². The highest BCUT2D eigenvalue weighted by atomic mass is 16.3. The topological polar surface area (TPSA) is 62.0 Å². The summed E-state index contributed by atoms with van der Waals surface area (Å²) in [6.45, 7) is 4.08. The van der Waals surface area contributed by atoms with Crippen LogP contribution in [0.4, 0.5) is 0 Å². The van der Waals surface area contributed by atoms with Gasteiger partial charge in [0.05, 0.1) is 12.9 Å². The summed E-state index contributed by atoms with van der Waals surface area (Å²) < 4.78 is 5.26. The number of nitrogens with zero attached hydrogens (tertiary/aromatic N) is 1. The van der Waals surface area contributed by atoms with E-state index < -0.39 is 0 Å². The SMILES string of the molecule is CC(C)c1[nH]nc(-c2ccco2)c1CO. The van der Waals surface area contributed by atoms with E-state index in [-0.39, 0.29) is 6.61 Å². The van der Waals surface area contributed by atoms with Gasteiger partial charge in [-0.2, -0.15) is 5.10 Å². The molecule has 0 bridgehead atoms. The number of hydrogen-bond acceptors (Lipinski definition) is 3. The molecule has 15 heavy (non-hydrogen) atoms. The standard InChI is InChI=1S/C11H14N2O2/c1-7(2)10-8(6-14)11(13-12-10)9-4-3-5-15-9/h3-5,7,14H,6H2,1-2H3,(H,12,13). The van der Waals surface area contributed by atoms with Gasteiger partial charge in [-0.1, -0.05) is 13.8 Å². The average molecular weight is 206 g/mol. The predicted molar refractivity (Wildman–Crippen MR) is 56.3 cm³/mol. The Morgan fingerprint density at radius 3 is 2.87 bits per heavy atom. The van der Waals surface area contributed by atoms with E-state index in [9.17, 15) is 5.11 Å². The third-order valence-corrected chi connectivity index (χ3v) is 2.39. The quantitative estimate of drug-likeness (QED) is 0.809. The largest absolute Gasteiger partial charge is 0.463 e. The van der Waals surface area contributed by atoms with Gasteiger partial charge in [0.1, 0.15) is 5.69 Å². The van der Waals surface area contributed by atoms with Gasteiger partial charge in [0.2, 0.25) is 0 Å². The van der Waals surface area contributed by atoms with E-state index in [4.69, 9.17) is 4.42 Å². The fraction of sp³-hybridized carbons (Fsp3) is 0.364. The number of aromatic amines is 1. The monoisotopic (exact) mass is 206 g/mol. The van der Waals surface area contributed by atoms with Crippen molar-refractivity contribution in [2.24, 2.45) is 0 Å². The Morgan fingerprint density at radius 1 is 1.53 bits per heavy atom. The lowest BCUT2D eigenvalue weighted by molar-refractivity contribution is 0.280. The Bertz CT molecular complexity index is 429. The molecule has 4 heteroatoms. The van der Waals surface area contributed by atoms with E-state index in [1.807, 2.05) is 6.07 Å². The highest BCUT2D eigenvalue weighted by Crippen LogP contribution is 2.27. The van der Waals surface area contributed by atoms with Crippen LogP contribution < -0.4 is 0 Å². The first-order valence-electron chi connectivity index (χ1n) is 4.96. The van der Waals surface area contributed by atoms with Crippen molar-refractivity contribution in [1.82, 2.24) is 10.2 Å². The van der Waals surface area contributed by atoms with Crippen molar-refractivity contribution in [2.75, 3.05) is 0 Å². The molecule has 0 atom stereocenters. The van der Waals surface area contributed by atoms with Crippen LogP contribution in [0.1, 0.15) is 31.0 Å². The van der Waals surface area contributed by atoms with Crippen LogP contribution in [0, 0.1) is 0 Å². The van der Waals surface area contributed by atoms with Crippen molar-refractivity contribution in [3.05, 3.63) is 29.7 Å². The van der Waals surface area contributed by atoms with Crippen LogP contribution in [-0.4, -0.2) is 15.3 Å². The van der Waals surface area contributed by atoms with Crippen molar-refractivity contribution in [1.29, 1.82) is 0 Å². The van der Waals surface area contributed by atoms with Crippen LogP contribution in [0.5, 0.6) is 0 Å². The maximum absolute atomic E-state index is 9.33. The Labute approximate surface area is 87.9 Å². The Kier molecular flexibility index (Phi) is 2.60. The molecule has 2 aromatic heterocycles. The lowest BCUT2D eigenvalue weighted by Crippen LogP contribution is -1.94. The number of aromatic nitrogens is 2. The number of hydrogen-bond donors (Lipinski definition) is 2. The zero-order valence-electron chi connectivity index (χ0n) is 8.82. The fourth-order valence-corrected chi connectivity index (χ4v) is 1.63. The van der Waals surface area contributed by atoms with Gasteiger partial charge in [0.25, 0.3) is 0 Å². The normalized spacial score (nSPS) is 11.2. The smallest absolute Gasteiger partial charge is 0.154 e. The lowest BCUT2D eigenvalue weighted by Gasteiger charge is -2.03. The second kappa shape index (κ2) is 3.90. The van der Waals surface area contributed by atoms with Crippen LogP contribution in [0.2, 0.25) is 0 Å². The average Bonchev–Trinajstić information content (AvgIpc) is 2.85. The van der Waals surface area contributed by atoms with Gasteiger partial charge >= 0.3 is 0 Å². The molecule has 0 spiro atoms. The van der Waals surface area contributed by atoms with E-state index in [1.165, 1.54) is 0 Å². The number of H-pyrrole nitrogens is 1. The molecule has 0 fully saturated rings. The molecule has 0 unspecified atom stereocenters. The summed E-state index contributed by atoms with van der Waals surface area (Å²) in [5, 5.41) is 16.4. The molecule has 0 aromatic carbocycles. The molecule has 0 saturated heterocycles. The van der Waals surface area contributed by atoms with Crippen LogP contribution in [-0.2, 0) is 6.61 Å². The van der Waals surface area contributed by atoms with Gasteiger partial charge in [-0.15, -0.1) is 0 Å². The van der Waals surface area contributed by atoms with Crippen LogP contribution >= 0.6 is 0 Å². The predicted octanol–water partition coefficient (Wildman–Crippen LogP) is 2.29. The number of aliphatic hydroxyl groups excluding tert-OH is 1. The molecule has 0 amide bonds. The van der Waals surface area contributed by atoms with Gasteiger partial charge in [-0.05, 0) is 18.1 Å². The number of nitrogens with one attached hydrogen (secondary N) is 1. The minimum Gasteiger partial charge on any atom is -0.463 e. The first-order valence-corrected chi connectivity index (χ1v) is 4.96. The third-order valence-electron chi connectivity index (χ3n) is 2.39. The third kappa shape index (κ3) is 1.68. The second-order valence-electron chi connectivity index (χ2n) is 3.75. The highest BCUT2D eigenvalue weighted by molar-refractivity contribution is 5.58. The first kappa shape index (κ1) is 9.98. The molecule has 2 aromatic rings. The molecule has 0 radical (unpaired) electrons. The van der Waals surface area contributed by atoms with Gasteiger partial charge in [-0.3, -0.25) is 5.10 Å². The maximum Gasteiger partial charge on any atom is 0.154 e. The molecule has 2 heterocycles. The summed E-state index contributed by atoms with van der Waals surface area (Å²) in [4.78, 5) is 0. The molecule has 4 nitrogen and oxygen atoms in total. The minimum atomic E-state index is -0.0277. The van der Waals surface area contributed by atoms with E-state index in [0.717, 1.165) is 11.3 Å². The number of aliphatic hydroxyl groups is 1. The Morgan fingerprint density at radius 2 is 2.33 bits per heavy atom. The van der Waals surface area contributed by atoms with Gasteiger partial charge in [-0.25, -0.2) is 0 Å². The molecule has 0 aliphatic heterocycles. The fourth-order valence-electron chi connectivity index (χ4n) is 1.63. The van der Waals surface area contributed by atoms with Crippen molar-refractivity contribution in [2.45, 2.75) is 26.4 Å². The van der Waals surface area contributed by atoms with Crippen molar-refractivity contribution < 1.29 is 9.52 Å². The minimum absolute atomic E-state index is 0.0277. The van der Waals surface area contributed by atoms with Crippen LogP contribution in [0.25, 0.3) is 11.5 Å². The lowest BCUT2D eigenvalue weighted by atomic mass is 10.0. The molecule has 0 aliphatic rings. The van der Waals surface area contributed by atoms with Crippen LogP contribution in [0.3, 0.4) is 0 Å². The van der Waals surface area contributed by atoms with E-state index in [0.29, 0.717) is 17.4 Å². The van der Waals surface area contributed by atoms with E-state index in [1.54, 1.807) is 12.3 Å². The molecule has 0 saturated carbocycles. The number of rotatable bonds is 3. The summed E-state index contributed by atoms with van der Waals surface area (Å²) in [5.74, 6) is 0.991. The summed E-state index contributed by atoms with van der Waals surface area (Å²) in [6, 6.07) is 3.64. The summed E-state index contributed by atoms with van der Waals surface area (Å²) in [7, 11) is 0. The molecule has 2 rings (SSSR count). The van der Waals surface area contributed by atoms with Gasteiger partial charge in [0.15, 0.2) is 5.76 Å². The molecule has 80 valence electrons. The zero-order valence-corrected chi connectivity index (χ0v) is 8.82. The molecule has 0 aliphatic carbocycles. The first-order chi connectivity index (χ1) is 7.24. The van der Waals surface area contributed by atoms with Gasteiger partial charge in [0, 0.05) is 11.3 Å². The Hall–Kier alpha value is -1.55. The highest BCUT2D eigenvalue weighted by Gasteiger charge is 2.17. The summed E-state index contributed by atoms with van der Waals surface area (Å²) >= 11 is 0. The van der Waals surface area contributed by atoms with Crippen molar-refractivity contribution >= 4 is 0 Å². The summed E-state index contributed by atoms with van der Waals surface area (Å²) in [6.07, 6.45) is 1.60. The molecule has 2 N–H and O–H groups in total. The number of furan rings is 1. The maximum atomic E-state index is 9.33. The summed E-state index contributed by atoms with van der Waals surface area (Å²) in [5.41, 5.74) is 2.48. The van der Waals surface area contributed by atoms with Crippen molar-refractivity contribution in [3.63, 3.8) is 0 Å². The van der Waals surface area contributed by atoms with Crippen LogP contribution in [0.15, 0.2) is 22.8 Å². The zero-order chi connectivity index (χ0) is 10.8. The molecular formula is C11H14N2O2. The Balaban J connectivity index is 2.49. The van der Waals surface area contributed by atoms with E-state index >= 15 is 0 Å². The second-order valence-corrected chi connectivity index (χ2v) is 3.75. The van der Waals surface area contributed by atoms with Crippen molar-refractivity contribution in [3.8, 4) is 11.5 Å².